The number of ether oxygens (including phenoxy) is 1. The Balaban J connectivity index is 1.86. The maximum Gasteiger partial charge on any atom is 0.126 e. The summed E-state index contributed by atoms with van der Waals surface area (Å²) in [5, 5.41) is 0. The molecule has 0 spiro atoms. The second-order valence-corrected chi connectivity index (χ2v) is 5.21. The molecule has 1 saturated carbocycles. The van der Waals surface area contributed by atoms with Gasteiger partial charge in [0.05, 0.1) is 6.10 Å². The van der Waals surface area contributed by atoms with Crippen molar-refractivity contribution in [3.8, 4) is 16.9 Å². The molecule has 1 aliphatic carbocycles. The van der Waals surface area contributed by atoms with E-state index in [4.69, 9.17) is 4.74 Å². The van der Waals surface area contributed by atoms with Crippen LogP contribution in [0.25, 0.3) is 11.1 Å². The summed E-state index contributed by atoms with van der Waals surface area (Å²) in [6.45, 7) is 0. The van der Waals surface area contributed by atoms with Crippen LogP contribution >= 0.6 is 0 Å². The minimum atomic E-state index is -0.567. The Morgan fingerprint density at radius 3 is 2.25 bits per heavy atom. The van der Waals surface area contributed by atoms with Crippen molar-refractivity contribution in [2.45, 2.75) is 31.8 Å². The summed E-state index contributed by atoms with van der Waals surface area (Å²) < 4.78 is 32.5. The zero-order chi connectivity index (χ0) is 13.9. The highest BCUT2D eigenvalue weighted by molar-refractivity contribution is 5.65. The van der Waals surface area contributed by atoms with E-state index in [1.807, 2.05) is 24.3 Å². The van der Waals surface area contributed by atoms with E-state index in [1.54, 1.807) is 0 Å². The van der Waals surface area contributed by atoms with Gasteiger partial charge >= 0.3 is 0 Å². The van der Waals surface area contributed by atoms with Crippen molar-refractivity contribution in [2.75, 3.05) is 0 Å². The molecule has 104 valence electrons. The predicted octanol–water partition coefficient (Wildman–Crippen LogP) is 4.95. The average molecular weight is 274 g/mol. The Kier molecular flexibility index (Phi) is 3.68. The highest BCUT2D eigenvalue weighted by atomic mass is 19.1. The SMILES string of the molecule is Fc1cc(F)cc(-c2cccc(OC3CCCC3)c2)c1. The van der Waals surface area contributed by atoms with Crippen molar-refractivity contribution in [1.29, 1.82) is 0 Å². The van der Waals surface area contributed by atoms with Crippen molar-refractivity contribution in [3.05, 3.63) is 54.1 Å². The minimum absolute atomic E-state index is 0.273. The van der Waals surface area contributed by atoms with E-state index in [0.717, 1.165) is 30.2 Å². The van der Waals surface area contributed by atoms with Crippen LogP contribution in [0.3, 0.4) is 0 Å². The van der Waals surface area contributed by atoms with Gasteiger partial charge in [-0.05, 0) is 61.1 Å². The lowest BCUT2D eigenvalue weighted by molar-refractivity contribution is 0.210. The second-order valence-electron chi connectivity index (χ2n) is 5.21. The maximum absolute atomic E-state index is 13.3. The minimum Gasteiger partial charge on any atom is -0.490 e. The first kappa shape index (κ1) is 13.1. The predicted molar refractivity (Wildman–Crippen MR) is 74.7 cm³/mol. The summed E-state index contributed by atoms with van der Waals surface area (Å²) in [7, 11) is 0. The van der Waals surface area contributed by atoms with Gasteiger partial charge in [-0.2, -0.15) is 0 Å². The van der Waals surface area contributed by atoms with Gasteiger partial charge in [-0.25, -0.2) is 8.78 Å². The fraction of sp³-hybridized carbons (Fsp3) is 0.294. The first-order valence-electron chi connectivity index (χ1n) is 6.94. The van der Waals surface area contributed by atoms with Crippen LogP contribution < -0.4 is 4.74 Å². The van der Waals surface area contributed by atoms with Gasteiger partial charge < -0.3 is 4.74 Å². The van der Waals surface area contributed by atoms with E-state index in [1.165, 1.54) is 25.0 Å². The molecule has 0 atom stereocenters. The summed E-state index contributed by atoms with van der Waals surface area (Å²) in [4.78, 5) is 0. The van der Waals surface area contributed by atoms with Gasteiger partial charge in [-0.1, -0.05) is 12.1 Å². The fourth-order valence-electron chi connectivity index (χ4n) is 2.67. The summed E-state index contributed by atoms with van der Waals surface area (Å²) in [5.74, 6) is -0.372. The van der Waals surface area contributed by atoms with Crippen molar-refractivity contribution in [3.63, 3.8) is 0 Å². The average Bonchev–Trinajstić information content (AvgIpc) is 2.91. The van der Waals surface area contributed by atoms with E-state index in [9.17, 15) is 8.78 Å². The third-order valence-corrected chi connectivity index (χ3v) is 3.63. The van der Waals surface area contributed by atoms with Crippen LogP contribution in [-0.4, -0.2) is 6.10 Å². The van der Waals surface area contributed by atoms with Crippen LogP contribution in [0.4, 0.5) is 8.78 Å². The third kappa shape index (κ3) is 2.98. The topological polar surface area (TPSA) is 9.23 Å². The summed E-state index contributed by atoms with van der Waals surface area (Å²) in [5.41, 5.74) is 1.29. The van der Waals surface area contributed by atoms with Crippen LogP contribution in [0.5, 0.6) is 5.75 Å². The summed E-state index contributed by atoms with van der Waals surface area (Å²) in [6, 6.07) is 10.9. The van der Waals surface area contributed by atoms with Crippen LogP contribution in [0, 0.1) is 11.6 Å². The molecule has 3 heteroatoms. The largest absolute Gasteiger partial charge is 0.490 e. The van der Waals surface area contributed by atoms with Gasteiger partial charge in [0.2, 0.25) is 0 Å². The number of halogens is 2. The zero-order valence-electron chi connectivity index (χ0n) is 11.1. The fourth-order valence-corrected chi connectivity index (χ4v) is 2.67. The lowest BCUT2D eigenvalue weighted by Gasteiger charge is -2.14. The molecule has 3 rings (SSSR count). The van der Waals surface area contributed by atoms with E-state index >= 15 is 0 Å². The van der Waals surface area contributed by atoms with Crippen LogP contribution in [0.15, 0.2) is 42.5 Å². The Morgan fingerprint density at radius 1 is 0.850 bits per heavy atom. The molecule has 1 nitrogen and oxygen atoms in total. The number of hydrogen-bond donors (Lipinski definition) is 0. The lowest BCUT2D eigenvalue weighted by Crippen LogP contribution is -2.10. The summed E-state index contributed by atoms with van der Waals surface area (Å²) >= 11 is 0. The van der Waals surface area contributed by atoms with E-state index in [0.29, 0.717) is 5.56 Å². The van der Waals surface area contributed by atoms with E-state index < -0.39 is 11.6 Å². The summed E-state index contributed by atoms with van der Waals surface area (Å²) in [6.07, 6.45) is 4.85. The molecule has 0 aromatic heterocycles. The first-order chi connectivity index (χ1) is 9.70. The number of hydrogen-bond acceptors (Lipinski definition) is 1. The maximum atomic E-state index is 13.3. The molecule has 0 amide bonds. The quantitative estimate of drug-likeness (QED) is 0.769. The van der Waals surface area contributed by atoms with Gasteiger partial charge in [0.1, 0.15) is 17.4 Å². The molecule has 0 saturated heterocycles. The molecule has 0 unspecified atom stereocenters. The van der Waals surface area contributed by atoms with Crippen LogP contribution in [0.2, 0.25) is 0 Å². The molecule has 2 aromatic carbocycles. The molecular formula is C17H16F2O. The molecule has 0 N–H and O–H groups in total. The standard InChI is InChI=1S/C17H16F2O/c18-14-8-13(9-15(19)11-14)12-4-3-7-17(10-12)20-16-5-1-2-6-16/h3-4,7-11,16H,1-2,5-6H2. The van der Waals surface area contributed by atoms with E-state index in [-0.39, 0.29) is 6.10 Å². The Bertz CT molecular complexity index is 583. The van der Waals surface area contributed by atoms with E-state index in [2.05, 4.69) is 0 Å². The monoisotopic (exact) mass is 274 g/mol. The highest BCUT2D eigenvalue weighted by Gasteiger charge is 2.16. The van der Waals surface area contributed by atoms with Gasteiger partial charge in [0.15, 0.2) is 0 Å². The second kappa shape index (κ2) is 5.61. The molecule has 0 heterocycles. The molecular weight excluding hydrogens is 258 g/mol. The lowest BCUT2D eigenvalue weighted by atomic mass is 10.1. The van der Waals surface area contributed by atoms with Crippen LogP contribution in [0.1, 0.15) is 25.7 Å². The number of benzene rings is 2. The molecule has 2 aromatic rings. The smallest absolute Gasteiger partial charge is 0.126 e. The van der Waals surface area contributed by atoms with Crippen molar-refractivity contribution in [2.24, 2.45) is 0 Å². The normalized spacial score (nSPS) is 15.5. The van der Waals surface area contributed by atoms with Gasteiger partial charge in [0, 0.05) is 6.07 Å². The molecule has 1 aliphatic rings. The molecule has 1 fully saturated rings. The highest BCUT2D eigenvalue weighted by Crippen LogP contribution is 2.28. The van der Waals surface area contributed by atoms with Crippen LogP contribution in [-0.2, 0) is 0 Å². The molecule has 20 heavy (non-hydrogen) atoms. The van der Waals surface area contributed by atoms with Gasteiger partial charge in [-0.15, -0.1) is 0 Å². The third-order valence-electron chi connectivity index (χ3n) is 3.63. The van der Waals surface area contributed by atoms with Crippen molar-refractivity contribution in [1.82, 2.24) is 0 Å². The Hall–Kier alpha value is -1.90. The van der Waals surface area contributed by atoms with Gasteiger partial charge in [-0.3, -0.25) is 0 Å². The zero-order valence-corrected chi connectivity index (χ0v) is 11.1. The molecule has 0 bridgehead atoms. The van der Waals surface area contributed by atoms with Crippen molar-refractivity contribution < 1.29 is 13.5 Å². The number of rotatable bonds is 3. The van der Waals surface area contributed by atoms with Gasteiger partial charge in [0.25, 0.3) is 0 Å². The molecule has 0 aliphatic heterocycles. The Morgan fingerprint density at radius 2 is 1.55 bits per heavy atom. The first-order valence-corrected chi connectivity index (χ1v) is 6.94. The molecule has 0 radical (unpaired) electrons. The van der Waals surface area contributed by atoms with Crippen molar-refractivity contribution >= 4 is 0 Å². The Labute approximate surface area is 117 Å².